The highest BCUT2D eigenvalue weighted by Crippen LogP contribution is 2.21. The average Bonchev–Trinajstić information content (AvgIpc) is 2.45. The minimum Gasteiger partial charge on any atom is -0.201 e. The molecule has 2 aromatic rings. The molecule has 0 spiro atoms. The van der Waals surface area contributed by atoms with Crippen molar-refractivity contribution in [2.24, 2.45) is 7.05 Å². The zero-order chi connectivity index (χ0) is 19.2. The Morgan fingerprint density at radius 1 is 1.29 bits per heavy atom. The van der Waals surface area contributed by atoms with E-state index in [1.807, 2.05) is 31.2 Å². The Hall–Kier alpha value is -1.63. The largest absolute Gasteiger partial charge is 0.212 e. The maximum Gasteiger partial charge on any atom is 0.212 e. The first-order chi connectivity index (χ1) is 11.3. The minimum absolute atomic E-state index is 0.287. The van der Waals surface area contributed by atoms with E-state index in [0.717, 1.165) is 11.1 Å². The Morgan fingerprint density at radius 3 is 2.82 bits per heavy atom. The van der Waals surface area contributed by atoms with Gasteiger partial charge >= 0.3 is 0 Å². The summed E-state index contributed by atoms with van der Waals surface area (Å²) in [7, 11) is 1.64. The van der Waals surface area contributed by atoms with Crippen molar-refractivity contribution in [3.05, 3.63) is 53.2 Å². The molecule has 0 saturated carbocycles. The van der Waals surface area contributed by atoms with Gasteiger partial charge in [-0.05, 0) is 37.3 Å². The van der Waals surface area contributed by atoms with Crippen LogP contribution in [0.1, 0.15) is 34.5 Å². The second-order valence-corrected chi connectivity index (χ2v) is 4.04. The van der Waals surface area contributed by atoms with Crippen LogP contribution in [0.5, 0.6) is 0 Å². The average molecular weight is 234 g/mol. The van der Waals surface area contributed by atoms with Crippen LogP contribution in [-0.4, -0.2) is 0 Å². The zero-order valence-electron chi connectivity index (χ0n) is 17.9. The second kappa shape index (κ2) is 4.70. The van der Waals surface area contributed by atoms with Gasteiger partial charge in [0.1, 0.15) is 7.05 Å². The molecule has 0 aliphatic carbocycles. The number of nitrogens with zero attached hydrogens (tertiary/aromatic N) is 1. The van der Waals surface area contributed by atoms with E-state index in [0.29, 0.717) is 5.69 Å². The van der Waals surface area contributed by atoms with E-state index in [4.69, 9.17) is 11.0 Å². The molecular weight excluding hydrogens is 206 g/mol. The monoisotopic (exact) mass is 234 g/mol. The minimum atomic E-state index is -2.98. The molecule has 0 radical (unpaired) electrons. The lowest BCUT2D eigenvalue weighted by atomic mass is 10.0. The number of rotatable bonds is 2. The normalized spacial score (nSPS) is 19.9. The molecule has 2 rings (SSSR count). The molecule has 0 unspecified atom stereocenters. The van der Waals surface area contributed by atoms with Crippen molar-refractivity contribution < 1.29 is 15.5 Å². The van der Waals surface area contributed by atoms with Gasteiger partial charge in [-0.25, -0.2) is 4.57 Å². The standard InChI is InChI=1S/C16H20N/c1-5-14-11-17(4)16(10-13(14)3)15-9-7-6-8-12(15)2/h6-11H,5H2,1-4H3/q+1/i1D3,3D3,5D2. The van der Waals surface area contributed by atoms with E-state index in [1.54, 1.807) is 11.6 Å². The van der Waals surface area contributed by atoms with Gasteiger partial charge in [-0.2, -0.15) is 0 Å². The fourth-order valence-corrected chi connectivity index (χ4v) is 1.88. The Morgan fingerprint density at radius 2 is 2.12 bits per heavy atom. The van der Waals surface area contributed by atoms with Gasteiger partial charge < -0.3 is 0 Å². The van der Waals surface area contributed by atoms with E-state index in [1.165, 1.54) is 12.3 Å². The van der Waals surface area contributed by atoms with Crippen molar-refractivity contribution in [2.75, 3.05) is 0 Å². The van der Waals surface area contributed by atoms with Gasteiger partial charge in [0, 0.05) is 28.2 Å². The maximum absolute atomic E-state index is 7.99. The van der Waals surface area contributed by atoms with E-state index in [-0.39, 0.29) is 11.1 Å². The molecule has 0 bridgehead atoms. The van der Waals surface area contributed by atoms with Crippen molar-refractivity contribution in [1.82, 2.24) is 0 Å². The zero-order valence-corrected chi connectivity index (χ0v) is 9.91. The summed E-state index contributed by atoms with van der Waals surface area (Å²) >= 11 is 0. The molecule has 1 aromatic carbocycles. The van der Waals surface area contributed by atoms with Gasteiger partial charge in [0.2, 0.25) is 5.69 Å². The number of hydrogen-bond donors (Lipinski definition) is 0. The lowest BCUT2D eigenvalue weighted by Crippen LogP contribution is -2.32. The molecule has 0 saturated heterocycles. The number of benzene rings is 1. The predicted molar refractivity (Wildman–Crippen MR) is 71.9 cm³/mol. The van der Waals surface area contributed by atoms with Gasteiger partial charge in [0.05, 0.1) is 0 Å². The topological polar surface area (TPSA) is 3.88 Å². The lowest BCUT2D eigenvalue weighted by molar-refractivity contribution is -0.660. The third-order valence-electron chi connectivity index (χ3n) is 2.83. The molecule has 0 amide bonds. The molecule has 1 heteroatoms. The Balaban J connectivity index is 2.82. The number of pyridine rings is 1. The van der Waals surface area contributed by atoms with Crippen LogP contribution in [0, 0.1) is 13.8 Å². The fourth-order valence-electron chi connectivity index (χ4n) is 1.88. The molecular formula is C16H20N+. The molecule has 1 nitrogen and oxygen atoms in total. The highest BCUT2D eigenvalue weighted by Gasteiger charge is 2.14. The van der Waals surface area contributed by atoms with Crippen LogP contribution in [0.25, 0.3) is 11.3 Å². The molecule has 1 aromatic heterocycles. The van der Waals surface area contributed by atoms with Crippen LogP contribution >= 0.6 is 0 Å². The van der Waals surface area contributed by atoms with E-state index >= 15 is 0 Å². The maximum atomic E-state index is 7.99. The molecule has 0 aliphatic rings. The molecule has 17 heavy (non-hydrogen) atoms. The summed E-state index contributed by atoms with van der Waals surface area (Å²) in [5, 5.41) is 0. The summed E-state index contributed by atoms with van der Waals surface area (Å²) in [6.07, 6.45) is -1.51. The van der Waals surface area contributed by atoms with Crippen LogP contribution in [-0.2, 0) is 13.4 Å². The summed E-state index contributed by atoms with van der Waals surface area (Å²) < 4.78 is 63.2. The van der Waals surface area contributed by atoms with Crippen LogP contribution < -0.4 is 4.57 Å². The van der Waals surface area contributed by atoms with Crippen LogP contribution in [0.2, 0.25) is 0 Å². The summed E-state index contributed by atoms with van der Waals surface area (Å²) in [6, 6.07) is 8.79. The number of hydrogen-bond acceptors (Lipinski definition) is 0. The first kappa shape index (κ1) is 5.34. The van der Waals surface area contributed by atoms with Gasteiger partial charge in [-0.1, -0.05) is 25.1 Å². The molecule has 88 valence electrons. The second-order valence-electron chi connectivity index (χ2n) is 4.04. The third kappa shape index (κ3) is 2.23. The smallest absolute Gasteiger partial charge is 0.201 e. The van der Waals surface area contributed by atoms with Crippen molar-refractivity contribution in [3.8, 4) is 11.3 Å². The highest BCUT2D eigenvalue weighted by molar-refractivity contribution is 5.61. The Bertz CT molecular complexity index is 790. The van der Waals surface area contributed by atoms with Crippen LogP contribution in [0.4, 0.5) is 0 Å². The Labute approximate surface area is 115 Å². The molecule has 0 atom stereocenters. The van der Waals surface area contributed by atoms with Crippen LogP contribution in [0.3, 0.4) is 0 Å². The van der Waals surface area contributed by atoms with Gasteiger partial charge in [-0.15, -0.1) is 0 Å². The van der Waals surface area contributed by atoms with Crippen molar-refractivity contribution >= 4 is 0 Å². The Kier molecular flexibility index (Phi) is 1.48. The SMILES string of the molecule is [2H]C([2H])([2H])c1cc(-c2ccccc2C)[n+](C)cc1C([2H])([2H])C([2H])([2H])[2H]. The van der Waals surface area contributed by atoms with Crippen molar-refractivity contribution in [1.29, 1.82) is 0 Å². The molecule has 0 fully saturated rings. The summed E-state index contributed by atoms with van der Waals surface area (Å²) in [4.78, 5) is 0. The molecule has 0 aliphatic heterocycles. The first-order valence-electron chi connectivity index (χ1n) is 9.37. The van der Waals surface area contributed by atoms with Crippen molar-refractivity contribution in [2.45, 2.75) is 27.0 Å². The van der Waals surface area contributed by atoms with Gasteiger partial charge in [0.15, 0.2) is 6.20 Å². The highest BCUT2D eigenvalue weighted by atomic mass is 14.9. The number of aromatic nitrogens is 1. The van der Waals surface area contributed by atoms with Crippen molar-refractivity contribution in [3.63, 3.8) is 0 Å². The third-order valence-corrected chi connectivity index (χ3v) is 2.83. The molecule has 1 heterocycles. The molecule has 0 N–H and O–H groups in total. The van der Waals surface area contributed by atoms with E-state index in [2.05, 4.69) is 0 Å². The van der Waals surface area contributed by atoms with Crippen LogP contribution in [0.15, 0.2) is 36.5 Å². The van der Waals surface area contributed by atoms with Gasteiger partial charge in [0.25, 0.3) is 0 Å². The first-order valence-corrected chi connectivity index (χ1v) is 5.37. The predicted octanol–water partition coefficient (Wildman–Crippen LogP) is 3.36. The lowest BCUT2D eigenvalue weighted by Gasteiger charge is -2.07. The summed E-state index contributed by atoms with van der Waals surface area (Å²) in [5.41, 5.74) is 1.68. The van der Waals surface area contributed by atoms with E-state index < -0.39 is 20.1 Å². The fraction of sp³-hybridized carbons (Fsp3) is 0.312. The quantitative estimate of drug-likeness (QED) is 0.702. The van der Waals surface area contributed by atoms with Gasteiger partial charge in [-0.3, -0.25) is 0 Å². The number of aryl methyl sites for hydroxylation is 4. The van der Waals surface area contributed by atoms with E-state index in [9.17, 15) is 0 Å². The summed E-state index contributed by atoms with van der Waals surface area (Å²) in [6.45, 7) is -3.73. The summed E-state index contributed by atoms with van der Waals surface area (Å²) in [5.74, 6) is 0.